The average molecular weight is 273 g/mol. The third kappa shape index (κ3) is 23.0. The van der Waals surface area contributed by atoms with Crippen molar-refractivity contribution in [1.82, 2.24) is 5.32 Å². The number of hydrogen-bond acceptors (Lipinski definition) is 2. The molecule has 0 bridgehead atoms. The molecule has 0 atom stereocenters. The van der Waals surface area contributed by atoms with Gasteiger partial charge >= 0.3 is 0 Å². The van der Waals surface area contributed by atoms with E-state index in [-0.39, 0.29) is 5.54 Å². The molecule has 3 heteroatoms. The summed E-state index contributed by atoms with van der Waals surface area (Å²) in [7, 11) is 0. The SMILES string of the molecule is CC(C)C.CC(C)CCCOCCC(C)(C)NC=O. The molecule has 1 amide bonds. The molecule has 0 heterocycles. The molecule has 0 aromatic rings. The molecule has 0 spiro atoms. The molecule has 0 unspecified atom stereocenters. The second-order valence-electron chi connectivity index (χ2n) is 6.78. The van der Waals surface area contributed by atoms with Crippen LogP contribution in [0.5, 0.6) is 0 Å². The standard InChI is InChI=1S/C12H25NO2.C4H10/c1-11(2)6-5-8-15-9-7-12(3,4)13-10-14;1-4(2)3/h10-11H,5-9H2,1-4H3,(H,13,14);4H,1-3H3. The van der Waals surface area contributed by atoms with Crippen LogP contribution in [0.15, 0.2) is 0 Å². The molecule has 19 heavy (non-hydrogen) atoms. The Labute approximate surface area is 120 Å². The maximum Gasteiger partial charge on any atom is 0.207 e. The summed E-state index contributed by atoms with van der Waals surface area (Å²) in [6.07, 6.45) is 3.95. The molecular weight excluding hydrogens is 238 g/mol. The first-order valence-corrected chi connectivity index (χ1v) is 7.50. The zero-order valence-electron chi connectivity index (χ0n) is 14.1. The summed E-state index contributed by atoms with van der Waals surface area (Å²) in [5.41, 5.74) is -0.153. The van der Waals surface area contributed by atoms with E-state index in [9.17, 15) is 4.79 Å². The van der Waals surface area contributed by atoms with Gasteiger partial charge in [0.25, 0.3) is 0 Å². The number of hydrogen-bond donors (Lipinski definition) is 1. The highest BCUT2D eigenvalue weighted by Gasteiger charge is 2.15. The van der Waals surface area contributed by atoms with Crippen LogP contribution in [0.3, 0.4) is 0 Å². The van der Waals surface area contributed by atoms with E-state index in [1.807, 2.05) is 13.8 Å². The molecule has 1 N–H and O–H groups in total. The van der Waals surface area contributed by atoms with Gasteiger partial charge in [0.2, 0.25) is 6.41 Å². The predicted octanol–water partition coefficient (Wildman–Crippen LogP) is 4.02. The van der Waals surface area contributed by atoms with Crippen molar-refractivity contribution in [1.29, 1.82) is 0 Å². The molecule has 116 valence electrons. The minimum absolute atomic E-state index is 0.153. The minimum atomic E-state index is -0.153. The van der Waals surface area contributed by atoms with Crippen LogP contribution in [0.25, 0.3) is 0 Å². The fourth-order valence-corrected chi connectivity index (χ4v) is 1.25. The molecule has 0 rings (SSSR count). The molecule has 0 aromatic carbocycles. The van der Waals surface area contributed by atoms with Crippen LogP contribution < -0.4 is 5.32 Å². The van der Waals surface area contributed by atoms with Gasteiger partial charge < -0.3 is 10.1 Å². The highest BCUT2D eigenvalue weighted by Crippen LogP contribution is 2.08. The first-order valence-electron chi connectivity index (χ1n) is 7.50. The third-order valence-corrected chi connectivity index (χ3v) is 2.39. The van der Waals surface area contributed by atoms with Gasteiger partial charge in [0.05, 0.1) is 0 Å². The summed E-state index contributed by atoms with van der Waals surface area (Å²) in [6.45, 7) is 16.5. The molecule has 0 fully saturated rings. The Morgan fingerprint density at radius 2 is 1.63 bits per heavy atom. The lowest BCUT2D eigenvalue weighted by molar-refractivity contribution is -0.111. The number of nitrogens with one attached hydrogen (secondary N) is 1. The normalized spacial score (nSPS) is 11.2. The zero-order valence-corrected chi connectivity index (χ0v) is 14.1. The fourth-order valence-electron chi connectivity index (χ4n) is 1.25. The number of amides is 1. The summed E-state index contributed by atoms with van der Waals surface area (Å²) in [4.78, 5) is 10.3. The van der Waals surface area contributed by atoms with E-state index >= 15 is 0 Å². The predicted molar refractivity (Wildman–Crippen MR) is 83.3 cm³/mol. The van der Waals surface area contributed by atoms with E-state index < -0.39 is 0 Å². The maximum absolute atomic E-state index is 10.3. The average Bonchev–Trinajstić information content (AvgIpc) is 2.21. The zero-order chi connectivity index (χ0) is 15.3. The van der Waals surface area contributed by atoms with Crippen molar-refractivity contribution in [2.45, 2.75) is 73.3 Å². The minimum Gasteiger partial charge on any atom is -0.381 e. The van der Waals surface area contributed by atoms with Crippen LogP contribution in [0, 0.1) is 11.8 Å². The van der Waals surface area contributed by atoms with Crippen molar-refractivity contribution in [3.05, 3.63) is 0 Å². The lowest BCUT2D eigenvalue weighted by Crippen LogP contribution is -2.39. The van der Waals surface area contributed by atoms with E-state index in [2.05, 4.69) is 39.9 Å². The van der Waals surface area contributed by atoms with Crippen molar-refractivity contribution in [2.24, 2.45) is 11.8 Å². The Hall–Kier alpha value is -0.570. The Morgan fingerprint density at radius 3 is 2.05 bits per heavy atom. The first-order chi connectivity index (χ1) is 8.71. The van der Waals surface area contributed by atoms with Crippen LogP contribution in [0.4, 0.5) is 0 Å². The number of ether oxygens (including phenoxy) is 1. The number of carbonyl (C=O) groups is 1. The van der Waals surface area contributed by atoms with E-state index in [1.165, 1.54) is 6.42 Å². The number of carbonyl (C=O) groups excluding carboxylic acids is 1. The molecule has 0 aliphatic rings. The van der Waals surface area contributed by atoms with Crippen molar-refractivity contribution in [2.75, 3.05) is 13.2 Å². The topological polar surface area (TPSA) is 38.3 Å². The molecule has 0 aliphatic heterocycles. The smallest absolute Gasteiger partial charge is 0.207 e. The van der Waals surface area contributed by atoms with Gasteiger partial charge in [-0.25, -0.2) is 0 Å². The molecule has 0 aliphatic carbocycles. The van der Waals surface area contributed by atoms with Crippen LogP contribution in [0.1, 0.15) is 67.7 Å². The molecule has 0 saturated carbocycles. The summed E-state index contributed by atoms with van der Waals surface area (Å²) in [5, 5.41) is 2.77. The van der Waals surface area contributed by atoms with Gasteiger partial charge in [0, 0.05) is 18.8 Å². The molecule has 0 saturated heterocycles. The van der Waals surface area contributed by atoms with Gasteiger partial charge in [0.1, 0.15) is 0 Å². The summed E-state index contributed by atoms with van der Waals surface area (Å²) in [6, 6.07) is 0. The van der Waals surface area contributed by atoms with Crippen molar-refractivity contribution >= 4 is 6.41 Å². The van der Waals surface area contributed by atoms with Gasteiger partial charge in [0.15, 0.2) is 0 Å². The third-order valence-electron chi connectivity index (χ3n) is 2.39. The van der Waals surface area contributed by atoms with E-state index in [0.717, 1.165) is 37.7 Å². The van der Waals surface area contributed by atoms with E-state index in [0.29, 0.717) is 6.61 Å². The number of rotatable bonds is 9. The Morgan fingerprint density at radius 1 is 1.11 bits per heavy atom. The van der Waals surface area contributed by atoms with Crippen LogP contribution >= 0.6 is 0 Å². The summed E-state index contributed by atoms with van der Waals surface area (Å²) >= 11 is 0. The molecule has 0 radical (unpaired) electrons. The van der Waals surface area contributed by atoms with Crippen molar-refractivity contribution in [3.63, 3.8) is 0 Å². The Balaban J connectivity index is 0. The molecule has 3 nitrogen and oxygen atoms in total. The van der Waals surface area contributed by atoms with Gasteiger partial charge in [-0.05, 0) is 44.9 Å². The second kappa shape index (κ2) is 12.5. The summed E-state index contributed by atoms with van der Waals surface area (Å²) < 4.78 is 5.51. The fraction of sp³-hybridized carbons (Fsp3) is 0.938. The van der Waals surface area contributed by atoms with Gasteiger partial charge in [-0.2, -0.15) is 0 Å². The molecule has 0 aromatic heterocycles. The first kappa shape index (κ1) is 20.7. The largest absolute Gasteiger partial charge is 0.381 e. The quantitative estimate of drug-likeness (QED) is 0.509. The van der Waals surface area contributed by atoms with Gasteiger partial charge in [-0.1, -0.05) is 34.6 Å². The van der Waals surface area contributed by atoms with Crippen molar-refractivity contribution in [3.8, 4) is 0 Å². The highest BCUT2D eigenvalue weighted by molar-refractivity contribution is 5.47. The van der Waals surface area contributed by atoms with Gasteiger partial charge in [-0.15, -0.1) is 0 Å². The highest BCUT2D eigenvalue weighted by atomic mass is 16.5. The monoisotopic (exact) mass is 273 g/mol. The Kier molecular flexibility index (Phi) is 13.6. The Bertz CT molecular complexity index is 198. The molecular formula is C16H35NO2. The van der Waals surface area contributed by atoms with Gasteiger partial charge in [-0.3, -0.25) is 4.79 Å². The van der Waals surface area contributed by atoms with E-state index in [1.54, 1.807) is 0 Å². The second-order valence-corrected chi connectivity index (χ2v) is 6.78. The van der Waals surface area contributed by atoms with Crippen LogP contribution in [-0.4, -0.2) is 25.2 Å². The lowest BCUT2D eigenvalue weighted by Gasteiger charge is -2.23. The lowest BCUT2D eigenvalue weighted by atomic mass is 10.0. The van der Waals surface area contributed by atoms with Crippen LogP contribution in [0.2, 0.25) is 0 Å². The van der Waals surface area contributed by atoms with E-state index in [4.69, 9.17) is 4.74 Å². The maximum atomic E-state index is 10.3. The van der Waals surface area contributed by atoms with Crippen molar-refractivity contribution < 1.29 is 9.53 Å². The van der Waals surface area contributed by atoms with Crippen LogP contribution in [-0.2, 0) is 9.53 Å². The summed E-state index contributed by atoms with van der Waals surface area (Å²) in [5.74, 6) is 1.58.